The summed E-state index contributed by atoms with van der Waals surface area (Å²) in [6, 6.07) is 2.03. The highest BCUT2D eigenvalue weighted by Crippen LogP contribution is 1.88. The Bertz CT molecular complexity index is 200. The Morgan fingerprint density at radius 3 is 2.78 bits per heavy atom. The molecule has 46 valence electrons. The van der Waals surface area contributed by atoms with Gasteiger partial charge in [0.05, 0.1) is 0 Å². The number of aromatic nitrogens is 1. The smallest absolute Gasteiger partial charge is 0.141 e. The van der Waals surface area contributed by atoms with Crippen LogP contribution in [0.2, 0.25) is 0 Å². The predicted octanol–water partition coefficient (Wildman–Crippen LogP) is -1.20. The van der Waals surface area contributed by atoms with Gasteiger partial charge in [0.15, 0.2) is 0 Å². The minimum Gasteiger partial charge on any atom is -0.326 e. The summed E-state index contributed by atoms with van der Waals surface area (Å²) < 4.78 is 0. The van der Waals surface area contributed by atoms with Gasteiger partial charge in [0.2, 0.25) is 0 Å². The maximum Gasteiger partial charge on any atom is 0.141 e. The Morgan fingerprint density at radius 2 is 2.33 bits per heavy atom. The molecule has 1 heterocycles. The van der Waals surface area contributed by atoms with Crippen LogP contribution >= 0.6 is 0 Å². The van der Waals surface area contributed by atoms with Crippen LogP contribution in [0.25, 0.3) is 0 Å². The second kappa shape index (κ2) is 2.64. The van der Waals surface area contributed by atoms with E-state index in [1.54, 1.807) is 6.20 Å². The fourth-order valence-electron chi connectivity index (χ4n) is 0.729. The quantitative estimate of drug-likeness (QED) is 0.472. The van der Waals surface area contributed by atoms with Gasteiger partial charge in [-0.2, -0.15) is 0 Å². The average molecular weight is 120 g/mol. The molecule has 0 aromatic carbocycles. The highest BCUT2D eigenvalue weighted by atomic mass is 14.6. The van der Waals surface area contributed by atoms with Gasteiger partial charge in [-0.3, -0.25) is 4.98 Å². The molecule has 0 spiro atoms. The van der Waals surface area contributed by atoms with Crippen LogP contribution in [0.15, 0.2) is 18.5 Å². The van der Waals surface area contributed by atoms with Crippen molar-refractivity contribution in [2.45, 2.75) is 6.54 Å². The predicted molar refractivity (Wildman–Crippen MR) is 40.3 cm³/mol. The zero-order valence-electron chi connectivity index (χ0n) is 5.46. The number of pyridine rings is 1. The van der Waals surface area contributed by atoms with E-state index in [0.29, 0.717) is 6.54 Å². The molecule has 0 amide bonds. The monoisotopic (exact) mass is 120 g/mol. The van der Waals surface area contributed by atoms with Crippen molar-refractivity contribution in [3.05, 3.63) is 24.0 Å². The van der Waals surface area contributed by atoms with Crippen molar-refractivity contribution in [1.29, 1.82) is 0 Å². The molecule has 0 fully saturated rings. The second-order valence-electron chi connectivity index (χ2n) is 2.07. The molecule has 0 unspecified atom stereocenters. The zero-order chi connectivity index (χ0) is 6.69. The summed E-state index contributed by atoms with van der Waals surface area (Å²) in [7, 11) is 2.01. The molecule has 2 nitrogen and oxygen atoms in total. The topological polar surface area (TPSA) is 38.9 Å². The summed E-state index contributed by atoms with van der Waals surface area (Å²) in [4.78, 5) is 3.98. The minimum absolute atomic E-state index is 0.578. The molecule has 0 aliphatic carbocycles. The summed E-state index contributed by atoms with van der Waals surface area (Å²) in [6.45, 7) is 0.578. The molecule has 0 aliphatic rings. The van der Waals surface area contributed by atoms with Crippen LogP contribution in [0.4, 0.5) is 0 Å². The molecule has 9 heavy (non-hydrogen) atoms. The molecule has 1 aromatic heterocycles. The first kappa shape index (κ1) is 6.30. The minimum atomic E-state index is 0.578. The maximum absolute atomic E-state index is 5.38. The molecule has 2 N–H and O–H groups in total. The van der Waals surface area contributed by atoms with Crippen molar-refractivity contribution >= 4 is 13.3 Å². The Kier molecular flexibility index (Phi) is 1.85. The van der Waals surface area contributed by atoms with E-state index in [0.717, 1.165) is 11.0 Å². The van der Waals surface area contributed by atoms with Crippen LogP contribution in [0.1, 0.15) is 5.56 Å². The van der Waals surface area contributed by atoms with Crippen molar-refractivity contribution < 1.29 is 0 Å². The Balaban J connectivity index is 2.94. The largest absolute Gasteiger partial charge is 0.326 e. The maximum atomic E-state index is 5.38. The number of hydrogen-bond donors (Lipinski definition) is 1. The third-order valence-corrected chi connectivity index (χ3v) is 1.17. The van der Waals surface area contributed by atoms with Gasteiger partial charge in [-0.15, -0.1) is 0 Å². The number of nitrogens with two attached hydrogens (primary N) is 1. The first-order valence-corrected chi connectivity index (χ1v) is 2.93. The molecule has 0 aliphatic heterocycles. The van der Waals surface area contributed by atoms with Crippen molar-refractivity contribution in [2.24, 2.45) is 5.73 Å². The van der Waals surface area contributed by atoms with Crippen molar-refractivity contribution in [3.8, 4) is 0 Å². The van der Waals surface area contributed by atoms with Crippen LogP contribution in [0.3, 0.4) is 0 Å². The van der Waals surface area contributed by atoms with E-state index in [4.69, 9.17) is 5.73 Å². The molecular weight excluding hydrogens is 111 g/mol. The molecular formula is C6H9BN2. The van der Waals surface area contributed by atoms with Crippen LogP contribution in [-0.4, -0.2) is 12.8 Å². The van der Waals surface area contributed by atoms with Gasteiger partial charge in [0.25, 0.3) is 0 Å². The second-order valence-corrected chi connectivity index (χ2v) is 2.07. The molecule has 1 aromatic rings. The first-order valence-electron chi connectivity index (χ1n) is 2.93. The Morgan fingerprint density at radius 1 is 1.56 bits per heavy atom. The standard InChI is InChI=1S/C6H9BN2/c7-6-1-5(2-8)3-9-4-6/h1,3-4H,2,7-8H2. The molecule has 3 heteroatoms. The SMILES string of the molecule is Bc1cncc(CN)c1. The van der Waals surface area contributed by atoms with Crippen molar-refractivity contribution in [3.63, 3.8) is 0 Å². The molecule has 0 bridgehead atoms. The lowest BCUT2D eigenvalue weighted by atomic mass is 9.97. The number of nitrogens with zero attached hydrogens (tertiary/aromatic N) is 1. The van der Waals surface area contributed by atoms with E-state index < -0.39 is 0 Å². The van der Waals surface area contributed by atoms with E-state index in [2.05, 4.69) is 4.98 Å². The fourth-order valence-corrected chi connectivity index (χ4v) is 0.729. The summed E-state index contributed by atoms with van der Waals surface area (Å²) in [5.41, 5.74) is 7.64. The molecule has 0 radical (unpaired) electrons. The van der Waals surface area contributed by atoms with Crippen LogP contribution in [-0.2, 0) is 6.54 Å². The third kappa shape index (κ3) is 1.54. The summed E-state index contributed by atoms with van der Waals surface area (Å²) in [5, 5.41) is 0. The summed E-state index contributed by atoms with van der Waals surface area (Å²) in [6.07, 6.45) is 3.60. The van der Waals surface area contributed by atoms with Crippen LogP contribution in [0.5, 0.6) is 0 Å². The van der Waals surface area contributed by atoms with E-state index >= 15 is 0 Å². The lowest BCUT2D eigenvalue weighted by Crippen LogP contribution is -2.06. The van der Waals surface area contributed by atoms with E-state index in [9.17, 15) is 0 Å². The number of rotatable bonds is 1. The van der Waals surface area contributed by atoms with Crippen molar-refractivity contribution in [1.82, 2.24) is 4.98 Å². The van der Waals surface area contributed by atoms with Gasteiger partial charge >= 0.3 is 0 Å². The lowest BCUT2D eigenvalue weighted by molar-refractivity contribution is 1.05. The van der Waals surface area contributed by atoms with Crippen LogP contribution in [0, 0.1) is 0 Å². The van der Waals surface area contributed by atoms with Gasteiger partial charge in [-0.1, -0.05) is 11.5 Å². The van der Waals surface area contributed by atoms with Gasteiger partial charge in [-0.25, -0.2) is 0 Å². The van der Waals surface area contributed by atoms with Gasteiger partial charge in [0, 0.05) is 18.9 Å². The van der Waals surface area contributed by atoms with Crippen LogP contribution < -0.4 is 11.2 Å². The summed E-state index contributed by atoms with van der Waals surface area (Å²) >= 11 is 0. The number of hydrogen-bond acceptors (Lipinski definition) is 2. The molecule has 0 atom stereocenters. The van der Waals surface area contributed by atoms with Gasteiger partial charge < -0.3 is 5.73 Å². The molecule has 0 saturated carbocycles. The van der Waals surface area contributed by atoms with Gasteiger partial charge in [-0.05, 0) is 5.56 Å². The summed E-state index contributed by atoms with van der Waals surface area (Å²) in [5.74, 6) is 0. The van der Waals surface area contributed by atoms with Crippen molar-refractivity contribution in [2.75, 3.05) is 0 Å². The molecule has 0 saturated heterocycles. The average Bonchev–Trinajstić information content (AvgIpc) is 1.88. The van der Waals surface area contributed by atoms with Gasteiger partial charge in [0.1, 0.15) is 7.85 Å². The normalized spacial score (nSPS) is 9.44. The lowest BCUT2D eigenvalue weighted by Gasteiger charge is -1.94. The Hall–Kier alpha value is -0.825. The highest BCUT2D eigenvalue weighted by Gasteiger charge is 1.87. The molecule has 1 rings (SSSR count). The highest BCUT2D eigenvalue weighted by molar-refractivity contribution is 6.32. The first-order chi connectivity index (χ1) is 4.33. The van der Waals surface area contributed by atoms with E-state index in [-0.39, 0.29) is 0 Å². The third-order valence-electron chi connectivity index (χ3n) is 1.17. The Labute approximate surface area is 55.5 Å². The van der Waals surface area contributed by atoms with E-state index in [1.165, 1.54) is 0 Å². The fraction of sp³-hybridized carbons (Fsp3) is 0.167. The van der Waals surface area contributed by atoms with E-state index in [1.807, 2.05) is 20.1 Å². The zero-order valence-corrected chi connectivity index (χ0v) is 5.46.